The number of rotatable bonds is 5. The predicted molar refractivity (Wildman–Crippen MR) is 79.0 cm³/mol. The number of hydrogen-bond donors (Lipinski definition) is 1. The number of primary sulfonamides is 1. The minimum atomic E-state index is -4.08. The van der Waals surface area contributed by atoms with E-state index in [-0.39, 0.29) is 22.1 Å². The summed E-state index contributed by atoms with van der Waals surface area (Å²) in [5.74, 6) is -1.17. The highest BCUT2D eigenvalue weighted by molar-refractivity contribution is 7.89. The van der Waals surface area contributed by atoms with Crippen LogP contribution in [0.3, 0.4) is 0 Å². The van der Waals surface area contributed by atoms with Crippen molar-refractivity contribution in [3.8, 4) is 0 Å². The maximum absolute atomic E-state index is 13.9. The van der Waals surface area contributed by atoms with Gasteiger partial charge in [0, 0.05) is 23.7 Å². The maximum atomic E-state index is 13.9. The zero-order valence-corrected chi connectivity index (χ0v) is 13.5. The van der Waals surface area contributed by atoms with Gasteiger partial charge in [-0.3, -0.25) is 4.79 Å². The van der Waals surface area contributed by atoms with Crippen LogP contribution in [0.15, 0.2) is 17.0 Å². The van der Waals surface area contributed by atoms with Crippen LogP contribution in [0.1, 0.15) is 43.1 Å². The van der Waals surface area contributed by atoms with Crippen LogP contribution in [0.4, 0.5) is 4.39 Å². The van der Waals surface area contributed by atoms with Gasteiger partial charge in [-0.1, -0.05) is 6.92 Å². The van der Waals surface area contributed by atoms with E-state index in [0.29, 0.717) is 6.54 Å². The quantitative estimate of drug-likeness (QED) is 0.902. The van der Waals surface area contributed by atoms with Gasteiger partial charge in [0.05, 0.1) is 4.90 Å². The van der Waals surface area contributed by atoms with E-state index >= 15 is 0 Å². The summed E-state index contributed by atoms with van der Waals surface area (Å²) < 4.78 is 36.9. The molecule has 1 aromatic carbocycles. The lowest BCUT2D eigenvalue weighted by molar-refractivity contribution is 0.0705. The monoisotopic (exact) mass is 316 g/mol. The molecule has 0 aliphatic heterocycles. The number of carbonyl (C=O) groups excluding carboxylic acids is 1. The first kappa shape index (κ1) is 17.6. The summed E-state index contributed by atoms with van der Waals surface area (Å²) in [4.78, 5) is 13.7. The summed E-state index contributed by atoms with van der Waals surface area (Å²) in [5, 5.41) is 5.07. The SMILES string of the molecule is CCCN(C(=O)c1cc(F)c(C)c(S(N)(=O)=O)c1)C(C)C. The highest BCUT2D eigenvalue weighted by Crippen LogP contribution is 2.21. The third-order valence-electron chi connectivity index (χ3n) is 3.20. The molecule has 0 aliphatic rings. The van der Waals surface area contributed by atoms with E-state index in [9.17, 15) is 17.6 Å². The fraction of sp³-hybridized carbons (Fsp3) is 0.500. The van der Waals surface area contributed by atoms with Gasteiger partial charge in [-0.15, -0.1) is 0 Å². The Morgan fingerprint density at radius 2 is 1.95 bits per heavy atom. The first-order chi connectivity index (χ1) is 9.59. The molecule has 0 saturated heterocycles. The Balaban J connectivity index is 3.38. The molecule has 0 saturated carbocycles. The fourth-order valence-electron chi connectivity index (χ4n) is 2.07. The lowest BCUT2D eigenvalue weighted by atomic mass is 10.1. The average molecular weight is 316 g/mol. The van der Waals surface area contributed by atoms with Gasteiger partial charge in [-0.05, 0) is 39.3 Å². The molecule has 0 atom stereocenters. The molecule has 0 bridgehead atoms. The Morgan fingerprint density at radius 3 is 2.38 bits per heavy atom. The Morgan fingerprint density at radius 1 is 1.38 bits per heavy atom. The van der Waals surface area contributed by atoms with Gasteiger partial charge >= 0.3 is 0 Å². The van der Waals surface area contributed by atoms with Gasteiger partial charge in [0.15, 0.2) is 0 Å². The molecule has 0 radical (unpaired) electrons. The molecule has 7 heteroatoms. The van der Waals surface area contributed by atoms with Crippen molar-refractivity contribution in [1.82, 2.24) is 4.90 Å². The van der Waals surface area contributed by atoms with Gasteiger partial charge in [-0.25, -0.2) is 17.9 Å². The van der Waals surface area contributed by atoms with Crippen LogP contribution in [0.5, 0.6) is 0 Å². The minimum Gasteiger partial charge on any atom is -0.336 e. The summed E-state index contributed by atoms with van der Waals surface area (Å²) in [5.41, 5.74) is -0.0927. The molecular weight excluding hydrogens is 295 g/mol. The van der Waals surface area contributed by atoms with Crippen molar-refractivity contribution in [3.63, 3.8) is 0 Å². The van der Waals surface area contributed by atoms with Gasteiger partial charge in [0.25, 0.3) is 5.91 Å². The molecule has 21 heavy (non-hydrogen) atoms. The van der Waals surface area contributed by atoms with Crippen LogP contribution in [0.2, 0.25) is 0 Å². The van der Waals surface area contributed by atoms with Crippen molar-refractivity contribution in [1.29, 1.82) is 0 Å². The van der Waals surface area contributed by atoms with Crippen LogP contribution in [0, 0.1) is 12.7 Å². The number of sulfonamides is 1. The smallest absolute Gasteiger partial charge is 0.254 e. The van der Waals surface area contributed by atoms with E-state index < -0.39 is 21.7 Å². The number of nitrogens with zero attached hydrogens (tertiary/aromatic N) is 1. The molecule has 5 nitrogen and oxygen atoms in total. The summed E-state index contributed by atoms with van der Waals surface area (Å²) in [6.45, 7) is 7.44. The molecule has 0 aliphatic carbocycles. The predicted octanol–water partition coefficient (Wildman–Crippen LogP) is 2.04. The Kier molecular flexibility index (Phi) is 5.47. The van der Waals surface area contributed by atoms with Crippen LogP contribution in [0.25, 0.3) is 0 Å². The van der Waals surface area contributed by atoms with E-state index in [1.807, 2.05) is 20.8 Å². The molecule has 0 fully saturated rings. The molecule has 1 rings (SSSR count). The first-order valence-corrected chi connectivity index (χ1v) is 8.28. The largest absolute Gasteiger partial charge is 0.336 e. The molecule has 1 aromatic rings. The van der Waals surface area contributed by atoms with Crippen molar-refractivity contribution in [3.05, 3.63) is 29.1 Å². The van der Waals surface area contributed by atoms with E-state index in [4.69, 9.17) is 5.14 Å². The topological polar surface area (TPSA) is 80.5 Å². The normalized spacial score (nSPS) is 11.8. The molecule has 118 valence electrons. The number of amides is 1. The lowest BCUT2D eigenvalue weighted by Crippen LogP contribution is -2.37. The summed E-state index contributed by atoms with van der Waals surface area (Å²) in [7, 11) is -4.08. The van der Waals surface area contributed by atoms with Crippen molar-refractivity contribution in [2.45, 2.75) is 45.1 Å². The highest BCUT2D eigenvalue weighted by atomic mass is 32.2. The van der Waals surface area contributed by atoms with E-state index in [1.54, 1.807) is 4.90 Å². The molecular formula is C14H21FN2O3S. The number of benzene rings is 1. The fourth-order valence-corrected chi connectivity index (χ4v) is 2.89. The highest BCUT2D eigenvalue weighted by Gasteiger charge is 2.23. The van der Waals surface area contributed by atoms with Gasteiger partial charge in [0.2, 0.25) is 10.0 Å². The second-order valence-electron chi connectivity index (χ2n) is 5.22. The number of halogens is 1. The third-order valence-corrected chi connectivity index (χ3v) is 4.24. The molecule has 2 N–H and O–H groups in total. The second-order valence-corrected chi connectivity index (χ2v) is 6.75. The van der Waals surface area contributed by atoms with Gasteiger partial charge in [-0.2, -0.15) is 0 Å². The van der Waals surface area contributed by atoms with Crippen molar-refractivity contribution >= 4 is 15.9 Å². The maximum Gasteiger partial charge on any atom is 0.254 e. The summed E-state index contributed by atoms with van der Waals surface area (Å²) >= 11 is 0. The zero-order chi connectivity index (χ0) is 16.4. The standard InChI is InChI=1S/C14H21FN2O3S/c1-5-6-17(9(2)3)14(18)11-7-12(15)10(4)13(8-11)21(16,19)20/h7-9H,5-6H2,1-4H3,(H2,16,19,20). The Hall–Kier alpha value is -1.47. The van der Waals surface area contributed by atoms with Crippen LogP contribution < -0.4 is 5.14 Å². The lowest BCUT2D eigenvalue weighted by Gasteiger charge is -2.26. The summed E-state index contributed by atoms with van der Waals surface area (Å²) in [6, 6.07) is 2.12. The molecule has 1 amide bonds. The van der Waals surface area contributed by atoms with Crippen molar-refractivity contribution < 1.29 is 17.6 Å². The minimum absolute atomic E-state index is 0.00993. The van der Waals surface area contributed by atoms with Gasteiger partial charge < -0.3 is 4.90 Å². The molecule has 0 heterocycles. The van der Waals surface area contributed by atoms with Crippen molar-refractivity contribution in [2.24, 2.45) is 5.14 Å². The molecule has 0 aromatic heterocycles. The average Bonchev–Trinajstić information content (AvgIpc) is 2.36. The third kappa shape index (κ3) is 4.01. The first-order valence-electron chi connectivity index (χ1n) is 6.73. The van der Waals surface area contributed by atoms with Crippen LogP contribution >= 0.6 is 0 Å². The Bertz CT molecular complexity index is 642. The second kappa shape index (κ2) is 6.53. The van der Waals surface area contributed by atoms with E-state index in [1.165, 1.54) is 6.92 Å². The summed E-state index contributed by atoms with van der Waals surface area (Å²) in [6.07, 6.45) is 0.750. The van der Waals surface area contributed by atoms with Crippen LogP contribution in [-0.4, -0.2) is 31.8 Å². The molecule has 0 spiro atoms. The van der Waals surface area contributed by atoms with Gasteiger partial charge in [0.1, 0.15) is 5.82 Å². The Labute approximate surface area is 125 Å². The van der Waals surface area contributed by atoms with Crippen LogP contribution in [-0.2, 0) is 10.0 Å². The van der Waals surface area contributed by atoms with E-state index in [0.717, 1.165) is 18.6 Å². The number of nitrogens with two attached hydrogens (primary N) is 1. The number of hydrogen-bond acceptors (Lipinski definition) is 3. The zero-order valence-electron chi connectivity index (χ0n) is 12.7. The van der Waals surface area contributed by atoms with E-state index in [2.05, 4.69) is 0 Å². The molecule has 0 unspecified atom stereocenters. The number of carbonyl (C=O) groups is 1. The van der Waals surface area contributed by atoms with Crippen molar-refractivity contribution in [2.75, 3.05) is 6.54 Å².